The highest BCUT2D eigenvalue weighted by molar-refractivity contribution is 9.10. The number of hydrogen-bond donors (Lipinski definition) is 0. The van der Waals surface area contributed by atoms with E-state index >= 15 is 0 Å². The zero-order valence-electron chi connectivity index (χ0n) is 8.40. The summed E-state index contributed by atoms with van der Waals surface area (Å²) in [5.74, 6) is 0. The van der Waals surface area contributed by atoms with Crippen LogP contribution >= 0.6 is 26.6 Å². The molecule has 0 radical (unpaired) electrons. The molecule has 0 aliphatic heterocycles. The Labute approximate surface area is 115 Å². The SMILES string of the molecule is O=S(=O)(Cl)c1cc(Br)c(C(F)(F)F)cc1C(F)(F)F. The maximum absolute atomic E-state index is 12.6. The van der Waals surface area contributed by atoms with Crippen molar-refractivity contribution in [1.82, 2.24) is 0 Å². The van der Waals surface area contributed by atoms with Crippen LogP contribution in [0.1, 0.15) is 11.1 Å². The molecule has 0 saturated carbocycles. The second-order valence-electron chi connectivity index (χ2n) is 3.26. The van der Waals surface area contributed by atoms with E-state index in [-0.39, 0.29) is 12.1 Å². The minimum absolute atomic E-state index is 0.175. The van der Waals surface area contributed by atoms with Crippen LogP contribution in [0.2, 0.25) is 0 Å². The molecule has 1 aromatic carbocycles. The molecule has 0 amide bonds. The molecule has 11 heteroatoms. The van der Waals surface area contributed by atoms with Crippen LogP contribution in [0.15, 0.2) is 21.5 Å². The van der Waals surface area contributed by atoms with Crippen molar-refractivity contribution in [3.05, 3.63) is 27.7 Å². The van der Waals surface area contributed by atoms with Gasteiger partial charge in [0, 0.05) is 15.2 Å². The standard InChI is InChI=1S/C8H2BrClF6O2S/c9-5-2-6(19(10,17)18)4(8(14,15)16)1-3(5)7(11,12)13/h1-2H. The summed E-state index contributed by atoms with van der Waals surface area (Å²) in [5, 5.41) is 0. The van der Waals surface area contributed by atoms with E-state index < -0.39 is 41.9 Å². The van der Waals surface area contributed by atoms with Gasteiger partial charge in [0.15, 0.2) is 0 Å². The molecule has 0 saturated heterocycles. The molecule has 19 heavy (non-hydrogen) atoms. The molecule has 0 unspecified atom stereocenters. The fraction of sp³-hybridized carbons (Fsp3) is 0.250. The number of alkyl halides is 6. The zero-order valence-corrected chi connectivity index (χ0v) is 11.6. The summed E-state index contributed by atoms with van der Waals surface area (Å²) >= 11 is 2.37. The molecule has 1 aromatic rings. The van der Waals surface area contributed by atoms with E-state index in [0.29, 0.717) is 0 Å². The molecule has 0 aromatic heterocycles. The van der Waals surface area contributed by atoms with Crippen molar-refractivity contribution < 1.29 is 34.8 Å². The number of benzene rings is 1. The highest BCUT2D eigenvalue weighted by Gasteiger charge is 2.42. The quantitative estimate of drug-likeness (QED) is 0.525. The summed E-state index contributed by atoms with van der Waals surface area (Å²) in [5.41, 5.74) is -3.62. The van der Waals surface area contributed by atoms with Crippen LogP contribution in [0.3, 0.4) is 0 Å². The van der Waals surface area contributed by atoms with Crippen molar-refractivity contribution in [3.63, 3.8) is 0 Å². The lowest BCUT2D eigenvalue weighted by molar-refractivity contribution is -0.144. The van der Waals surface area contributed by atoms with Crippen molar-refractivity contribution in [1.29, 1.82) is 0 Å². The van der Waals surface area contributed by atoms with Crippen molar-refractivity contribution in [2.75, 3.05) is 0 Å². The minimum Gasteiger partial charge on any atom is -0.207 e. The Bertz CT molecular complexity index is 607. The lowest BCUT2D eigenvalue weighted by Crippen LogP contribution is -2.15. The topological polar surface area (TPSA) is 34.1 Å². The summed E-state index contributed by atoms with van der Waals surface area (Å²) in [6, 6.07) is -0.132. The van der Waals surface area contributed by atoms with E-state index in [1.165, 1.54) is 0 Å². The van der Waals surface area contributed by atoms with Gasteiger partial charge in [-0.2, -0.15) is 26.3 Å². The van der Waals surface area contributed by atoms with Crippen LogP contribution in [-0.2, 0) is 21.4 Å². The Morgan fingerprint density at radius 3 is 1.68 bits per heavy atom. The lowest BCUT2D eigenvalue weighted by Gasteiger charge is -2.15. The largest absolute Gasteiger partial charge is 0.417 e. The Kier molecular flexibility index (Phi) is 4.20. The average Bonchev–Trinajstić information content (AvgIpc) is 2.11. The normalized spacial score (nSPS) is 13.7. The second-order valence-corrected chi connectivity index (χ2v) is 6.65. The molecule has 0 bridgehead atoms. The van der Waals surface area contributed by atoms with Gasteiger partial charge in [0.05, 0.1) is 16.0 Å². The minimum atomic E-state index is -5.29. The third-order valence-electron chi connectivity index (χ3n) is 1.94. The van der Waals surface area contributed by atoms with E-state index in [4.69, 9.17) is 10.7 Å². The van der Waals surface area contributed by atoms with Gasteiger partial charge in [-0.25, -0.2) is 8.42 Å². The molecule has 1 rings (SSSR count). The molecule has 0 aliphatic carbocycles. The first-order chi connectivity index (χ1) is 8.24. The summed E-state index contributed by atoms with van der Waals surface area (Å²) in [6.07, 6.45) is -10.4. The first kappa shape index (κ1) is 16.6. The molecular weight excluding hydrogens is 389 g/mol. The predicted octanol–water partition coefficient (Wildman–Crippen LogP) is 4.41. The first-order valence-corrected chi connectivity index (χ1v) is 7.27. The molecule has 108 valence electrons. The molecule has 0 atom stereocenters. The van der Waals surface area contributed by atoms with E-state index in [2.05, 4.69) is 15.9 Å². The maximum atomic E-state index is 12.6. The molecule has 0 fully saturated rings. The van der Waals surface area contributed by atoms with E-state index in [9.17, 15) is 34.8 Å². The summed E-state index contributed by atoms with van der Waals surface area (Å²) in [6.45, 7) is 0. The van der Waals surface area contributed by atoms with Crippen molar-refractivity contribution in [2.24, 2.45) is 0 Å². The number of rotatable bonds is 1. The van der Waals surface area contributed by atoms with Gasteiger partial charge < -0.3 is 0 Å². The van der Waals surface area contributed by atoms with Gasteiger partial charge in [-0.3, -0.25) is 0 Å². The van der Waals surface area contributed by atoms with Gasteiger partial charge in [0.25, 0.3) is 9.05 Å². The Morgan fingerprint density at radius 1 is 0.947 bits per heavy atom. The smallest absolute Gasteiger partial charge is 0.207 e. The van der Waals surface area contributed by atoms with E-state index in [0.717, 1.165) is 0 Å². The molecule has 0 spiro atoms. The van der Waals surface area contributed by atoms with Crippen LogP contribution in [-0.4, -0.2) is 8.42 Å². The summed E-state index contributed by atoms with van der Waals surface area (Å²) in [7, 11) is -0.0680. The first-order valence-electron chi connectivity index (χ1n) is 4.17. The number of halogens is 8. The van der Waals surface area contributed by atoms with Crippen LogP contribution < -0.4 is 0 Å². The van der Waals surface area contributed by atoms with Crippen LogP contribution in [0.25, 0.3) is 0 Å². The van der Waals surface area contributed by atoms with Gasteiger partial charge in [-0.1, -0.05) is 15.9 Å². The third-order valence-corrected chi connectivity index (χ3v) is 3.96. The van der Waals surface area contributed by atoms with E-state index in [1.54, 1.807) is 0 Å². The Morgan fingerprint density at radius 2 is 1.37 bits per heavy atom. The van der Waals surface area contributed by atoms with Gasteiger partial charge in [0.1, 0.15) is 0 Å². The molecule has 0 aliphatic rings. The zero-order chi connectivity index (χ0) is 15.2. The fourth-order valence-corrected chi connectivity index (χ4v) is 2.99. The molecule has 0 heterocycles. The van der Waals surface area contributed by atoms with Gasteiger partial charge in [-0.05, 0) is 12.1 Å². The summed E-state index contributed by atoms with van der Waals surface area (Å²) in [4.78, 5) is -1.44. The van der Waals surface area contributed by atoms with Crippen LogP contribution in [0.5, 0.6) is 0 Å². The predicted molar refractivity (Wildman–Crippen MR) is 57.2 cm³/mol. The lowest BCUT2D eigenvalue weighted by atomic mass is 10.1. The average molecular weight is 392 g/mol. The van der Waals surface area contributed by atoms with Gasteiger partial charge in [0.2, 0.25) is 0 Å². The third kappa shape index (κ3) is 3.76. The van der Waals surface area contributed by atoms with Crippen LogP contribution in [0, 0.1) is 0 Å². The van der Waals surface area contributed by atoms with Crippen LogP contribution in [0.4, 0.5) is 26.3 Å². The van der Waals surface area contributed by atoms with Crippen molar-refractivity contribution in [2.45, 2.75) is 17.2 Å². The fourth-order valence-electron chi connectivity index (χ4n) is 1.20. The number of hydrogen-bond acceptors (Lipinski definition) is 2. The van der Waals surface area contributed by atoms with Gasteiger partial charge in [-0.15, -0.1) is 0 Å². The highest BCUT2D eigenvalue weighted by atomic mass is 79.9. The van der Waals surface area contributed by atoms with E-state index in [1.807, 2.05) is 0 Å². The monoisotopic (exact) mass is 390 g/mol. The van der Waals surface area contributed by atoms with Crippen molar-refractivity contribution in [3.8, 4) is 0 Å². The maximum Gasteiger partial charge on any atom is 0.417 e. The molecular formula is C8H2BrClF6O2S. The summed E-state index contributed by atoms with van der Waals surface area (Å²) < 4.78 is 96.2. The highest BCUT2D eigenvalue weighted by Crippen LogP contribution is 2.43. The second kappa shape index (κ2) is 4.81. The Hall–Kier alpha value is -0.480. The van der Waals surface area contributed by atoms with Crippen molar-refractivity contribution >= 4 is 35.7 Å². The Balaban J connectivity index is 3.76. The van der Waals surface area contributed by atoms with Gasteiger partial charge >= 0.3 is 12.4 Å². The molecule has 0 N–H and O–H groups in total. The molecule has 2 nitrogen and oxygen atoms in total.